The molecule has 37 heavy (non-hydrogen) atoms. The first-order valence-electron chi connectivity index (χ1n) is 13.5. The molecule has 0 saturated heterocycles. The molecule has 0 radical (unpaired) electrons. The maximum absolute atomic E-state index is 12.4. The van der Waals surface area contributed by atoms with Gasteiger partial charge in [-0.3, -0.25) is 4.79 Å². The highest BCUT2D eigenvalue weighted by atomic mass is 16.7. The molecule has 0 N–H and O–H groups in total. The summed E-state index contributed by atoms with van der Waals surface area (Å²) >= 11 is 0. The third-order valence-electron chi connectivity index (χ3n) is 7.25. The summed E-state index contributed by atoms with van der Waals surface area (Å²) in [6.45, 7) is 16.0. The van der Waals surface area contributed by atoms with Gasteiger partial charge in [0.15, 0.2) is 5.43 Å². The maximum atomic E-state index is 12.4. The second-order valence-electron chi connectivity index (χ2n) is 10.9. The molecule has 1 fully saturated rings. The SMILES string of the molecule is COc1oc(C/C=C(\C)C/C=C/C(C)=C/[C@@H](C)OC(=O)O[C@@H]2C[C@H](C)CC[C@H]2C(C)C)c(C)c(=O)c1C. The molecular weight excluding hydrogens is 468 g/mol. The van der Waals surface area contributed by atoms with E-state index in [1.54, 1.807) is 13.8 Å². The van der Waals surface area contributed by atoms with Crippen molar-refractivity contribution in [3.8, 4) is 5.95 Å². The second-order valence-corrected chi connectivity index (χ2v) is 10.9. The fourth-order valence-corrected chi connectivity index (χ4v) is 4.95. The minimum absolute atomic E-state index is 0.0435. The van der Waals surface area contributed by atoms with Crippen LogP contribution in [0.25, 0.3) is 0 Å². The molecule has 4 atom stereocenters. The Bertz CT molecular complexity index is 1060. The smallest absolute Gasteiger partial charge is 0.468 e. The van der Waals surface area contributed by atoms with Crippen molar-refractivity contribution in [2.75, 3.05) is 7.11 Å². The van der Waals surface area contributed by atoms with Gasteiger partial charge in [0.25, 0.3) is 5.95 Å². The number of carbonyl (C=O) groups excluding carboxylic acids is 1. The van der Waals surface area contributed by atoms with E-state index in [1.807, 2.05) is 32.9 Å². The van der Waals surface area contributed by atoms with Gasteiger partial charge in [-0.2, -0.15) is 0 Å². The van der Waals surface area contributed by atoms with E-state index in [2.05, 4.69) is 32.9 Å². The summed E-state index contributed by atoms with van der Waals surface area (Å²) in [6.07, 6.45) is 11.5. The number of hydrogen-bond acceptors (Lipinski definition) is 6. The van der Waals surface area contributed by atoms with Crippen LogP contribution in [0.5, 0.6) is 5.95 Å². The number of hydrogen-bond donors (Lipinski definition) is 0. The van der Waals surface area contributed by atoms with E-state index in [0.29, 0.717) is 41.1 Å². The van der Waals surface area contributed by atoms with Gasteiger partial charge in [0.2, 0.25) is 0 Å². The standard InChI is InChI=1S/C31H46O6/c1-19(2)26-15-13-22(5)18-28(26)37-31(33)35-23(6)17-21(4)12-10-11-20(3)14-16-27-24(7)29(32)25(8)30(34-9)36-27/h10,12,14,17,19,22-23,26,28H,11,13,15-16,18H2,1-9H3/b12-10+,20-14+,21-17+/t22-,23-,26+,28-/m1/s1. The van der Waals surface area contributed by atoms with Gasteiger partial charge in [-0.1, -0.05) is 56.6 Å². The molecular formula is C31H46O6. The van der Waals surface area contributed by atoms with Gasteiger partial charge < -0.3 is 18.6 Å². The van der Waals surface area contributed by atoms with Crippen molar-refractivity contribution in [2.45, 2.75) is 99.7 Å². The third-order valence-corrected chi connectivity index (χ3v) is 7.25. The van der Waals surface area contributed by atoms with Crippen LogP contribution < -0.4 is 10.2 Å². The number of allylic oxidation sites excluding steroid dienone is 5. The monoisotopic (exact) mass is 514 g/mol. The van der Waals surface area contributed by atoms with Crippen molar-refractivity contribution in [2.24, 2.45) is 17.8 Å². The van der Waals surface area contributed by atoms with Gasteiger partial charge in [-0.05, 0) is 77.7 Å². The van der Waals surface area contributed by atoms with E-state index in [4.69, 9.17) is 18.6 Å². The van der Waals surface area contributed by atoms with Crippen LogP contribution in [0.15, 0.2) is 44.7 Å². The van der Waals surface area contributed by atoms with Gasteiger partial charge in [0, 0.05) is 12.0 Å². The summed E-state index contributed by atoms with van der Waals surface area (Å²) < 4.78 is 22.2. The van der Waals surface area contributed by atoms with Crippen molar-refractivity contribution >= 4 is 6.16 Å². The highest BCUT2D eigenvalue weighted by molar-refractivity contribution is 5.60. The fraction of sp³-hybridized carbons (Fsp3) is 0.613. The number of rotatable bonds is 10. The zero-order chi connectivity index (χ0) is 27.7. The second kappa shape index (κ2) is 14.3. The average molecular weight is 515 g/mol. The minimum Gasteiger partial charge on any atom is -0.468 e. The lowest BCUT2D eigenvalue weighted by molar-refractivity contribution is -0.0375. The summed E-state index contributed by atoms with van der Waals surface area (Å²) in [7, 11) is 1.50. The lowest BCUT2D eigenvalue weighted by Gasteiger charge is -2.36. The van der Waals surface area contributed by atoms with Crippen LogP contribution in [0.2, 0.25) is 0 Å². The average Bonchev–Trinajstić information content (AvgIpc) is 2.81. The molecule has 0 aliphatic heterocycles. The molecule has 0 bridgehead atoms. The van der Waals surface area contributed by atoms with Gasteiger partial charge in [-0.25, -0.2) is 4.79 Å². The Morgan fingerprint density at radius 3 is 2.49 bits per heavy atom. The molecule has 206 valence electrons. The zero-order valence-corrected chi connectivity index (χ0v) is 24.2. The predicted molar refractivity (Wildman–Crippen MR) is 148 cm³/mol. The Morgan fingerprint density at radius 1 is 1.14 bits per heavy atom. The number of ether oxygens (including phenoxy) is 3. The van der Waals surface area contributed by atoms with Gasteiger partial charge >= 0.3 is 6.16 Å². The quantitative estimate of drug-likeness (QED) is 0.181. The van der Waals surface area contributed by atoms with E-state index in [-0.39, 0.29) is 23.6 Å². The highest BCUT2D eigenvalue weighted by Crippen LogP contribution is 2.35. The van der Waals surface area contributed by atoms with E-state index in [9.17, 15) is 9.59 Å². The molecule has 0 aromatic carbocycles. The van der Waals surface area contributed by atoms with E-state index in [1.165, 1.54) is 13.5 Å². The van der Waals surface area contributed by atoms with Crippen LogP contribution in [-0.4, -0.2) is 25.5 Å². The first-order valence-corrected chi connectivity index (χ1v) is 13.5. The molecule has 0 amide bonds. The molecule has 1 aromatic rings. The summed E-state index contributed by atoms with van der Waals surface area (Å²) in [5.41, 5.74) is 3.22. The Morgan fingerprint density at radius 2 is 1.84 bits per heavy atom. The molecule has 6 nitrogen and oxygen atoms in total. The molecule has 1 aliphatic rings. The summed E-state index contributed by atoms with van der Waals surface area (Å²) in [5.74, 6) is 2.33. The third kappa shape index (κ3) is 9.24. The normalized spacial score (nSPS) is 21.8. The molecule has 0 spiro atoms. The summed E-state index contributed by atoms with van der Waals surface area (Å²) in [6, 6.07) is 0. The predicted octanol–water partition coefficient (Wildman–Crippen LogP) is 7.65. The molecule has 1 heterocycles. The largest absolute Gasteiger partial charge is 0.509 e. The molecule has 6 heteroatoms. The fourth-order valence-electron chi connectivity index (χ4n) is 4.95. The van der Waals surface area contributed by atoms with Crippen LogP contribution in [0.4, 0.5) is 4.79 Å². The molecule has 1 saturated carbocycles. The first-order chi connectivity index (χ1) is 17.4. The van der Waals surface area contributed by atoms with Crippen LogP contribution in [0.3, 0.4) is 0 Å². The minimum atomic E-state index is -0.585. The highest BCUT2D eigenvalue weighted by Gasteiger charge is 2.34. The van der Waals surface area contributed by atoms with Crippen molar-refractivity contribution in [3.05, 3.63) is 62.6 Å². The van der Waals surface area contributed by atoms with Crippen molar-refractivity contribution in [3.63, 3.8) is 0 Å². The number of methoxy groups -OCH3 is 1. The van der Waals surface area contributed by atoms with Crippen LogP contribution in [0, 0.1) is 31.6 Å². The van der Waals surface area contributed by atoms with Crippen LogP contribution in [0.1, 0.15) is 84.1 Å². The Hall–Kier alpha value is -2.76. The van der Waals surface area contributed by atoms with Crippen LogP contribution in [-0.2, 0) is 15.9 Å². The summed E-state index contributed by atoms with van der Waals surface area (Å²) in [4.78, 5) is 24.8. The van der Waals surface area contributed by atoms with Crippen molar-refractivity contribution in [1.82, 2.24) is 0 Å². The molecule has 2 rings (SSSR count). The Kier molecular flexibility index (Phi) is 11.7. The Balaban J connectivity index is 1.88. The van der Waals surface area contributed by atoms with Crippen molar-refractivity contribution in [1.29, 1.82) is 0 Å². The van der Waals surface area contributed by atoms with Gasteiger partial charge in [0.1, 0.15) is 18.0 Å². The van der Waals surface area contributed by atoms with Crippen molar-refractivity contribution < 1.29 is 23.4 Å². The first kappa shape index (κ1) is 30.5. The van der Waals surface area contributed by atoms with E-state index >= 15 is 0 Å². The van der Waals surface area contributed by atoms with E-state index < -0.39 is 6.16 Å². The van der Waals surface area contributed by atoms with Gasteiger partial charge in [0.05, 0.1) is 12.7 Å². The van der Waals surface area contributed by atoms with E-state index in [0.717, 1.165) is 30.4 Å². The number of carbonyl (C=O) groups is 1. The molecule has 1 aliphatic carbocycles. The maximum Gasteiger partial charge on any atom is 0.509 e. The zero-order valence-electron chi connectivity index (χ0n) is 24.2. The van der Waals surface area contributed by atoms with Gasteiger partial charge in [-0.15, -0.1) is 0 Å². The lowest BCUT2D eigenvalue weighted by Crippen LogP contribution is -2.36. The molecule has 1 aromatic heterocycles. The molecule has 0 unspecified atom stereocenters. The Labute approximate surface area is 222 Å². The topological polar surface area (TPSA) is 75.0 Å². The van der Waals surface area contributed by atoms with Crippen LogP contribution >= 0.6 is 0 Å². The lowest BCUT2D eigenvalue weighted by atomic mass is 9.75. The summed E-state index contributed by atoms with van der Waals surface area (Å²) in [5, 5.41) is 0.